The van der Waals surface area contributed by atoms with Crippen molar-refractivity contribution in [1.29, 1.82) is 0 Å². The van der Waals surface area contributed by atoms with Gasteiger partial charge in [0.25, 0.3) is 0 Å². The van der Waals surface area contributed by atoms with E-state index in [9.17, 15) is 4.79 Å². The molecule has 0 fully saturated rings. The summed E-state index contributed by atoms with van der Waals surface area (Å²) in [4.78, 5) is 10.6. The first-order valence-electron chi connectivity index (χ1n) is 4.55. The van der Waals surface area contributed by atoms with Gasteiger partial charge < -0.3 is 19.6 Å². The van der Waals surface area contributed by atoms with Gasteiger partial charge in [0.1, 0.15) is 0 Å². The van der Waals surface area contributed by atoms with Gasteiger partial charge in [0.15, 0.2) is 5.88 Å². The predicted molar refractivity (Wildman–Crippen MR) is 55.2 cm³/mol. The number of nitrogens with one attached hydrogen (secondary N) is 1. The van der Waals surface area contributed by atoms with Gasteiger partial charge in [-0.05, 0) is 19.9 Å². The van der Waals surface area contributed by atoms with Crippen molar-refractivity contribution in [1.82, 2.24) is 0 Å². The summed E-state index contributed by atoms with van der Waals surface area (Å²) in [6.45, 7) is 4.36. The van der Waals surface area contributed by atoms with E-state index in [-0.39, 0.29) is 11.3 Å². The molecule has 0 aliphatic carbocycles. The maximum absolute atomic E-state index is 10.6. The van der Waals surface area contributed by atoms with Crippen LogP contribution >= 0.6 is 0 Å². The number of furan rings is 1. The summed E-state index contributed by atoms with van der Waals surface area (Å²) in [7, 11) is 1.61. The second kappa shape index (κ2) is 4.35. The number of rotatable bonds is 5. The second-order valence-electron chi connectivity index (χ2n) is 3.91. The number of carboxylic acid groups (broad SMARTS) is 1. The lowest BCUT2D eigenvalue weighted by Crippen LogP contribution is -2.35. The molecule has 1 aromatic rings. The van der Waals surface area contributed by atoms with Crippen LogP contribution in [-0.2, 0) is 4.74 Å². The predicted octanol–water partition coefficient (Wildman–Crippen LogP) is 1.81. The summed E-state index contributed by atoms with van der Waals surface area (Å²) in [6, 6.07) is 2.99. The van der Waals surface area contributed by atoms with Crippen molar-refractivity contribution in [2.75, 3.05) is 19.0 Å². The molecule has 84 valence electrons. The number of anilines is 1. The molecular formula is C10H15NO4. The SMILES string of the molecule is COCC(C)(C)Nc1ccc(C(=O)O)o1. The van der Waals surface area contributed by atoms with Crippen LogP contribution in [0.25, 0.3) is 0 Å². The first-order chi connectivity index (χ1) is 6.94. The second-order valence-corrected chi connectivity index (χ2v) is 3.91. The Balaban J connectivity index is 2.68. The van der Waals surface area contributed by atoms with E-state index < -0.39 is 5.97 Å². The van der Waals surface area contributed by atoms with Crippen molar-refractivity contribution in [3.05, 3.63) is 17.9 Å². The van der Waals surface area contributed by atoms with E-state index in [0.717, 1.165) is 0 Å². The Morgan fingerprint density at radius 1 is 1.60 bits per heavy atom. The molecule has 5 nitrogen and oxygen atoms in total. The number of ether oxygens (including phenoxy) is 1. The molecule has 2 N–H and O–H groups in total. The molecule has 0 radical (unpaired) electrons. The third-order valence-corrected chi connectivity index (χ3v) is 1.78. The molecule has 1 aromatic heterocycles. The largest absolute Gasteiger partial charge is 0.475 e. The van der Waals surface area contributed by atoms with Crippen molar-refractivity contribution in [2.45, 2.75) is 19.4 Å². The van der Waals surface area contributed by atoms with Crippen molar-refractivity contribution in [3.63, 3.8) is 0 Å². The van der Waals surface area contributed by atoms with Crippen LogP contribution in [0.4, 0.5) is 5.88 Å². The lowest BCUT2D eigenvalue weighted by molar-refractivity contribution is 0.0663. The highest BCUT2D eigenvalue weighted by Crippen LogP contribution is 2.18. The van der Waals surface area contributed by atoms with Crippen LogP contribution in [0.2, 0.25) is 0 Å². The molecule has 0 bridgehead atoms. The number of hydrogen-bond acceptors (Lipinski definition) is 4. The number of aromatic carboxylic acids is 1. The normalized spacial score (nSPS) is 11.4. The van der Waals surface area contributed by atoms with E-state index in [4.69, 9.17) is 14.3 Å². The maximum atomic E-state index is 10.6. The molecule has 0 amide bonds. The van der Waals surface area contributed by atoms with E-state index in [1.165, 1.54) is 6.07 Å². The van der Waals surface area contributed by atoms with Gasteiger partial charge in [-0.15, -0.1) is 0 Å². The molecule has 0 aliphatic rings. The standard InChI is InChI=1S/C10H15NO4/c1-10(2,6-14-3)11-8-5-4-7(15-8)9(12)13/h4-5,11H,6H2,1-3H3,(H,12,13). The molecule has 0 atom stereocenters. The highest BCUT2D eigenvalue weighted by Gasteiger charge is 2.19. The number of carboxylic acids is 1. The molecular weight excluding hydrogens is 198 g/mol. The maximum Gasteiger partial charge on any atom is 0.371 e. The summed E-state index contributed by atoms with van der Waals surface area (Å²) < 4.78 is 10.1. The molecule has 0 saturated carbocycles. The zero-order chi connectivity index (χ0) is 11.5. The molecule has 0 unspecified atom stereocenters. The molecule has 0 saturated heterocycles. The van der Waals surface area contributed by atoms with Crippen LogP contribution in [-0.4, -0.2) is 30.3 Å². The van der Waals surface area contributed by atoms with E-state index in [2.05, 4.69) is 5.32 Å². The Kier molecular flexibility index (Phi) is 3.36. The molecule has 15 heavy (non-hydrogen) atoms. The van der Waals surface area contributed by atoms with Crippen LogP contribution in [0.3, 0.4) is 0 Å². The average Bonchev–Trinajstić information content (AvgIpc) is 2.51. The minimum Gasteiger partial charge on any atom is -0.475 e. The Morgan fingerprint density at radius 3 is 2.73 bits per heavy atom. The van der Waals surface area contributed by atoms with Crippen molar-refractivity contribution >= 4 is 11.9 Å². The van der Waals surface area contributed by atoms with Gasteiger partial charge in [0.2, 0.25) is 5.76 Å². The molecule has 0 aliphatic heterocycles. The topological polar surface area (TPSA) is 71.7 Å². The summed E-state index contributed by atoms with van der Waals surface area (Å²) in [5.41, 5.74) is -0.303. The zero-order valence-corrected chi connectivity index (χ0v) is 9.03. The molecule has 1 heterocycles. The smallest absolute Gasteiger partial charge is 0.371 e. The summed E-state index contributed by atoms with van der Waals surface area (Å²) >= 11 is 0. The Morgan fingerprint density at radius 2 is 2.27 bits per heavy atom. The van der Waals surface area contributed by atoms with Gasteiger partial charge in [-0.3, -0.25) is 0 Å². The van der Waals surface area contributed by atoms with E-state index >= 15 is 0 Å². The Labute approximate surface area is 88.0 Å². The van der Waals surface area contributed by atoms with Crippen molar-refractivity contribution in [3.8, 4) is 0 Å². The lowest BCUT2D eigenvalue weighted by atomic mass is 10.1. The fraction of sp³-hybridized carbons (Fsp3) is 0.500. The first-order valence-corrected chi connectivity index (χ1v) is 4.55. The minimum atomic E-state index is -1.08. The van der Waals surface area contributed by atoms with Crippen LogP contribution < -0.4 is 5.32 Å². The van der Waals surface area contributed by atoms with E-state index in [0.29, 0.717) is 12.5 Å². The highest BCUT2D eigenvalue weighted by molar-refractivity contribution is 5.84. The monoisotopic (exact) mass is 213 g/mol. The fourth-order valence-corrected chi connectivity index (χ4v) is 1.25. The molecule has 1 rings (SSSR count). The van der Waals surface area contributed by atoms with Gasteiger partial charge in [-0.25, -0.2) is 4.79 Å². The van der Waals surface area contributed by atoms with Gasteiger partial charge in [0.05, 0.1) is 12.1 Å². The van der Waals surface area contributed by atoms with Crippen LogP contribution in [0, 0.1) is 0 Å². The van der Waals surface area contributed by atoms with Gasteiger partial charge >= 0.3 is 5.97 Å². The fourth-order valence-electron chi connectivity index (χ4n) is 1.25. The Bertz CT molecular complexity index is 343. The van der Waals surface area contributed by atoms with Crippen molar-refractivity contribution in [2.24, 2.45) is 0 Å². The molecule has 0 aromatic carbocycles. The molecule has 0 spiro atoms. The van der Waals surface area contributed by atoms with Gasteiger partial charge in [0, 0.05) is 13.2 Å². The van der Waals surface area contributed by atoms with Gasteiger partial charge in [-0.2, -0.15) is 0 Å². The summed E-state index contributed by atoms with van der Waals surface area (Å²) in [5, 5.41) is 11.7. The van der Waals surface area contributed by atoms with Gasteiger partial charge in [-0.1, -0.05) is 0 Å². The van der Waals surface area contributed by atoms with E-state index in [1.807, 2.05) is 13.8 Å². The number of hydrogen-bond donors (Lipinski definition) is 2. The third kappa shape index (κ3) is 3.28. The van der Waals surface area contributed by atoms with Crippen LogP contribution in [0.5, 0.6) is 0 Å². The van der Waals surface area contributed by atoms with Crippen LogP contribution in [0.1, 0.15) is 24.4 Å². The average molecular weight is 213 g/mol. The van der Waals surface area contributed by atoms with Crippen molar-refractivity contribution < 1.29 is 19.1 Å². The number of methoxy groups -OCH3 is 1. The Hall–Kier alpha value is -1.49. The first kappa shape index (κ1) is 11.6. The minimum absolute atomic E-state index is 0.0780. The lowest BCUT2D eigenvalue weighted by Gasteiger charge is -2.24. The van der Waals surface area contributed by atoms with E-state index in [1.54, 1.807) is 13.2 Å². The summed E-state index contributed by atoms with van der Waals surface area (Å²) in [5.74, 6) is -0.729. The number of carbonyl (C=O) groups is 1. The highest BCUT2D eigenvalue weighted by atomic mass is 16.5. The summed E-state index contributed by atoms with van der Waals surface area (Å²) in [6.07, 6.45) is 0. The quantitative estimate of drug-likeness (QED) is 0.780. The zero-order valence-electron chi connectivity index (χ0n) is 9.03. The molecule has 5 heteroatoms. The van der Waals surface area contributed by atoms with Crippen LogP contribution in [0.15, 0.2) is 16.5 Å². The third-order valence-electron chi connectivity index (χ3n) is 1.78.